The molecule has 0 spiro atoms. The molecule has 0 bridgehead atoms. The molecule has 0 saturated heterocycles. The lowest BCUT2D eigenvalue weighted by Gasteiger charge is -2.07. The Kier molecular flexibility index (Phi) is 2.92. The van der Waals surface area contributed by atoms with E-state index >= 15 is 0 Å². The van der Waals surface area contributed by atoms with Crippen molar-refractivity contribution in [3.63, 3.8) is 0 Å². The summed E-state index contributed by atoms with van der Waals surface area (Å²) in [5.41, 5.74) is -1.52. The number of aromatic nitrogens is 1. The number of fused-ring (bicyclic) bond motifs is 1. The number of hydrogen-bond donors (Lipinski definition) is 1. The Labute approximate surface area is 98.0 Å². The number of benzene rings is 1. The predicted octanol–water partition coefficient (Wildman–Crippen LogP) is 2.04. The van der Waals surface area contributed by atoms with Gasteiger partial charge >= 0.3 is 12.3 Å². The maximum absolute atomic E-state index is 12.1. The van der Waals surface area contributed by atoms with Crippen molar-refractivity contribution >= 4 is 16.6 Å². The first kappa shape index (κ1) is 12.0. The first-order valence-corrected chi connectivity index (χ1v) is 4.74. The number of alkyl halides is 2. The van der Waals surface area contributed by atoms with Gasteiger partial charge in [0.1, 0.15) is 5.75 Å². The van der Waals surface area contributed by atoms with Crippen molar-refractivity contribution in [2.45, 2.75) is 6.61 Å². The lowest BCUT2D eigenvalue weighted by atomic mass is 10.2. The number of rotatable bonds is 3. The van der Waals surface area contributed by atoms with Gasteiger partial charge in [-0.2, -0.15) is 8.78 Å². The molecule has 0 amide bonds. The van der Waals surface area contributed by atoms with Gasteiger partial charge in [0, 0.05) is 0 Å². The Morgan fingerprint density at radius 3 is 2.72 bits per heavy atom. The Balaban J connectivity index is 2.70. The van der Waals surface area contributed by atoms with E-state index in [9.17, 15) is 23.7 Å². The van der Waals surface area contributed by atoms with Gasteiger partial charge in [0.2, 0.25) is 0 Å². The summed E-state index contributed by atoms with van der Waals surface area (Å²) in [6.45, 7) is -3.05. The number of halogens is 2. The predicted molar refractivity (Wildman–Crippen MR) is 57.9 cm³/mol. The third-order valence-electron chi connectivity index (χ3n) is 2.27. The van der Waals surface area contributed by atoms with Crippen LogP contribution in [0.4, 0.5) is 14.5 Å². The van der Waals surface area contributed by atoms with E-state index in [0.717, 1.165) is 6.20 Å². The number of nitro groups is 1. The Bertz CT molecular complexity index is 668. The minimum Gasteiger partial charge on any atom is -0.433 e. The summed E-state index contributed by atoms with van der Waals surface area (Å²) in [5.74, 6) is -0.241. The third kappa shape index (κ3) is 1.99. The average Bonchev–Trinajstić information content (AvgIpc) is 2.29. The van der Waals surface area contributed by atoms with Crippen LogP contribution in [-0.4, -0.2) is 16.5 Å². The number of H-pyrrole nitrogens is 1. The van der Waals surface area contributed by atoms with Gasteiger partial charge in [-0.05, 0) is 12.1 Å². The molecular formula is C10H6F2N2O4. The van der Waals surface area contributed by atoms with Crippen LogP contribution >= 0.6 is 0 Å². The molecule has 2 aromatic rings. The summed E-state index contributed by atoms with van der Waals surface area (Å²) in [4.78, 5) is 23.8. The van der Waals surface area contributed by atoms with E-state index < -0.39 is 22.7 Å². The SMILES string of the molecule is O=c1c([N+](=O)[O-])c[nH]c2c(OC(F)F)cccc12. The average molecular weight is 256 g/mol. The molecule has 0 unspecified atom stereocenters. The van der Waals surface area contributed by atoms with Gasteiger partial charge < -0.3 is 9.72 Å². The molecule has 0 aliphatic rings. The molecule has 0 aliphatic carbocycles. The highest BCUT2D eigenvalue weighted by Crippen LogP contribution is 2.24. The molecule has 0 atom stereocenters. The number of ether oxygens (including phenoxy) is 1. The molecular weight excluding hydrogens is 250 g/mol. The molecule has 2 rings (SSSR count). The molecule has 1 aromatic carbocycles. The van der Waals surface area contributed by atoms with Crippen LogP contribution in [0.25, 0.3) is 10.9 Å². The Hall–Kier alpha value is -2.51. The quantitative estimate of drug-likeness (QED) is 0.672. The molecule has 94 valence electrons. The maximum atomic E-state index is 12.1. The number of para-hydroxylation sites is 1. The van der Waals surface area contributed by atoms with Crippen molar-refractivity contribution < 1.29 is 18.4 Å². The second kappa shape index (κ2) is 4.40. The van der Waals surface area contributed by atoms with E-state index in [0.29, 0.717) is 0 Å². The summed E-state index contributed by atoms with van der Waals surface area (Å²) >= 11 is 0. The topological polar surface area (TPSA) is 85.2 Å². The maximum Gasteiger partial charge on any atom is 0.387 e. The highest BCUT2D eigenvalue weighted by atomic mass is 19.3. The van der Waals surface area contributed by atoms with Crippen LogP contribution in [0.2, 0.25) is 0 Å². The minimum atomic E-state index is -3.05. The molecule has 1 heterocycles. The number of aromatic amines is 1. The molecule has 0 aliphatic heterocycles. The van der Waals surface area contributed by atoms with Gasteiger partial charge in [0.25, 0.3) is 5.43 Å². The normalized spacial score (nSPS) is 10.8. The first-order valence-electron chi connectivity index (χ1n) is 4.74. The molecule has 0 radical (unpaired) electrons. The van der Waals surface area contributed by atoms with Crippen LogP contribution in [0, 0.1) is 10.1 Å². The zero-order valence-electron chi connectivity index (χ0n) is 8.72. The van der Waals surface area contributed by atoms with Gasteiger partial charge in [-0.25, -0.2) is 0 Å². The van der Waals surface area contributed by atoms with E-state index in [1.165, 1.54) is 18.2 Å². The molecule has 18 heavy (non-hydrogen) atoms. The third-order valence-corrected chi connectivity index (χ3v) is 2.27. The van der Waals surface area contributed by atoms with Crippen LogP contribution in [0.1, 0.15) is 0 Å². The minimum absolute atomic E-state index is 0.00611. The zero-order chi connectivity index (χ0) is 13.3. The Morgan fingerprint density at radius 1 is 1.39 bits per heavy atom. The van der Waals surface area contributed by atoms with E-state index in [4.69, 9.17) is 0 Å². The molecule has 6 nitrogen and oxygen atoms in total. The summed E-state index contributed by atoms with van der Waals surface area (Å²) in [5, 5.41) is 10.5. The number of nitrogens with zero attached hydrogens (tertiary/aromatic N) is 1. The van der Waals surface area contributed by atoms with Crippen molar-refractivity contribution in [3.8, 4) is 5.75 Å². The van der Waals surface area contributed by atoms with Gasteiger partial charge in [0.15, 0.2) is 0 Å². The fraction of sp³-hybridized carbons (Fsp3) is 0.100. The van der Waals surface area contributed by atoms with Crippen molar-refractivity contribution in [1.82, 2.24) is 4.98 Å². The van der Waals surface area contributed by atoms with Crippen molar-refractivity contribution in [2.75, 3.05) is 0 Å². The Morgan fingerprint density at radius 2 is 2.11 bits per heavy atom. The largest absolute Gasteiger partial charge is 0.433 e. The number of pyridine rings is 1. The molecule has 0 saturated carbocycles. The van der Waals surface area contributed by atoms with Crippen molar-refractivity contribution in [1.29, 1.82) is 0 Å². The van der Waals surface area contributed by atoms with Crippen LogP contribution < -0.4 is 10.2 Å². The first-order chi connectivity index (χ1) is 8.50. The van der Waals surface area contributed by atoms with Gasteiger partial charge in [-0.1, -0.05) is 6.07 Å². The van der Waals surface area contributed by atoms with Crippen molar-refractivity contribution in [3.05, 3.63) is 44.7 Å². The number of hydrogen-bond acceptors (Lipinski definition) is 4. The van der Waals surface area contributed by atoms with Gasteiger partial charge in [0.05, 0.1) is 22.0 Å². The van der Waals surface area contributed by atoms with Crippen LogP contribution in [0.15, 0.2) is 29.2 Å². The highest BCUT2D eigenvalue weighted by Gasteiger charge is 2.17. The summed E-state index contributed by atoms with van der Waals surface area (Å²) in [6.07, 6.45) is 0.850. The van der Waals surface area contributed by atoms with E-state index in [2.05, 4.69) is 9.72 Å². The van der Waals surface area contributed by atoms with Crippen molar-refractivity contribution in [2.24, 2.45) is 0 Å². The standard InChI is InChI=1S/C10H6F2N2O4/c11-10(12)18-7-3-1-2-5-8(7)13-4-6(9(5)15)14(16)17/h1-4,10H,(H,13,15). The summed E-state index contributed by atoms with van der Waals surface area (Å²) in [7, 11) is 0. The molecule has 0 fully saturated rings. The molecule has 1 N–H and O–H groups in total. The lowest BCUT2D eigenvalue weighted by molar-refractivity contribution is -0.386. The molecule has 1 aromatic heterocycles. The summed E-state index contributed by atoms with van der Waals surface area (Å²) in [6, 6.07) is 3.83. The van der Waals surface area contributed by atoms with E-state index in [1.807, 2.05) is 0 Å². The molecule has 8 heteroatoms. The fourth-order valence-corrected chi connectivity index (χ4v) is 1.54. The second-order valence-corrected chi connectivity index (χ2v) is 3.32. The van der Waals surface area contributed by atoms with E-state index in [-0.39, 0.29) is 16.7 Å². The van der Waals surface area contributed by atoms with E-state index in [1.54, 1.807) is 0 Å². The van der Waals surface area contributed by atoms with Gasteiger partial charge in [-0.15, -0.1) is 0 Å². The second-order valence-electron chi connectivity index (χ2n) is 3.32. The highest BCUT2D eigenvalue weighted by molar-refractivity contribution is 5.85. The van der Waals surface area contributed by atoms with Crippen LogP contribution in [-0.2, 0) is 0 Å². The number of nitrogens with one attached hydrogen (secondary N) is 1. The fourth-order valence-electron chi connectivity index (χ4n) is 1.54. The lowest BCUT2D eigenvalue weighted by Crippen LogP contribution is -2.10. The van der Waals surface area contributed by atoms with Crippen LogP contribution in [0.3, 0.4) is 0 Å². The zero-order valence-corrected chi connectivity index (χ0v) is 8.72. The van der Waals surface area contributed by atoms with Gasteiger partial charge in [-0.3, -0.25) is 14.9 Å². The van der Waals surface area contributed by atoms with Crippen LogP contribution in [0.5, 0.6) is 5.75 Å². The summed E-state index contributed by atoms with van der Waals surface area (Å²) < 4.78 is 28.5. The smallest absolute Gasteiger partial charge is 0.387 e. The monoisotopic (exact) mass is 256 g/mol.